The Morgan fingerprint density at radius 2 is 2.00 bits per heavy atom. The first-order valence-corrected chi connectivity index (χ1v) is 5.57. The second-order valence-corrected chi connectivity index (χ2v) is 4.25. The minimum Gasteiger partial charge on any atom is -0.468 e. The lowest BCUT2D eigenvalue weighted by atomic mass is 10.6. The van der Waals surface area contributed by atoms with Gasteiger partial charge in [0.15, 0.2) is 0 Å². The second-order valence-electron chi connectivity index (χ2n) is 2.42. The average molecular weight is 210 g/mol. The molecule has 0 aliphatic rings. The van der Waals surface area contributed by atoms with Crippen LogP contribution in [0.2, 0.25) is 0 Å². The van der Waals surface area contributed by atoms with Crippen molar-refractivity contribution in [3.05, 3.63) is 0 Å². The molecule has 7 heteroatoms. The van der Waals surface area contributed by atoms with E-state index in [2.05, 4.69) is 14.8 Å². The van der Waals surface area contributed by atoms with Gasteiger partial charge in [0.1, 0.15) is 0 Å². The van der Waals surface area contributed by atoms with Crippen LogP contribution in [-0.4, -0.2) is 47.4 Å². The number of carbonyl (C=O) groups is 1. The highest BCUT2D eigenvalue weighted by molar-refractivity contribution is 7.88. The molecular formula is C6H14N2O4S. The lowest BCUT2D eigenvalue weighted by Crippen LogP contribution is -2.33. The van der Waals surface area contributed by atoms with E-state index < -0.39 is 10.0 Å². The van der Waals surface area contributed by atoms with Gasteiger partial charge in [-0.25, -0.2) is 13.1 Å². The number of hydrogen-bond acceptors (Lipinski definition) is 5. The van der Waals surface area contributed by atoms with E-state index in [0.29, 0.717) is 6.54 Å². The van der Waals surface area contributed by atoms with Crippen LogP contribution in [0.3, 0.4) is 0 Å². The zero-order valence-corrected chi connectivity index (χ0v) is 8.48. The van der Waals surface area contributed by atoms with Crippen LogP contribution in [0.4, 0.5) is 0 Å². The summed E-state index contributed by atoms with van der Waals surface area (Å²) in [7, 11) is -1.85. The monoisotopic (exact) mass is 210 g/mol. The van der Waals surface area contributed by atoms with Gasteiger partial charge in [-0.3, -0.25) is 4.79 Å². The molecule has 0 aromatic rings. The van der Waals surface area contributed by atoms with E-state index in [1.165, 1.54) is 7.11 Å². The fourth-order valence-corrected chi connectivity index (χ4v) is 1.06. The molecule has 0 atom stereocenters. The molecule has 0 saturated carbocycles. The Kier molecular flexibility index (Phi) is 5.60. The first-order chi connectivity index (χ1) is 5.95. The van der Waals surface area contributed by atoms with Crippen molar-refractivity contribution >= 4 is 16.0 Å². The normalized spacial score (nSPS) is 11.2. The molecular weight excluding hydrogens is 196 g/mol. The van der Waals surface area contributed by atoms with E-state index in [1.807, 2.05) is 0 Å². The van der Waals surface area contributed by atoms with E-state index in [4.69, 9.17) is 0 Å². The van der Waals surface area contributed by atoms with Crippen LogP contribution < -0.4 is 10.0 Å². The molecule has 0 aromatic carbocycles. The molecule has 13 heavy (non-hydrogen) atoms. The van der Waals surface area contributed by atoms with Crippen LogP contribution in [0.15, 0.2) is 0 Å². The number of carbonyl (C=O) groups excluding carboxylic acids is 1. The smallest absolute Gasteiger partial charge is 0.319 e. The summed E-state index contributed by atoms with van der Waals surface area (Å²) < 4.78 is 27.7. The van der Waals surface area contributed by atoms with Crippen molar-refractivity contribution in [1.29, 1.82) is 0 Å². The summed E-state index contributed by atoms with van der Waals surface area (Å²) in [6.45, 7) is 0.736. The molecule has 6 nitrogen and oxygen atoms in total. The van der Waals surface area contributed by atoms with Gasteiger partial charge in [-0.1, -0.05) is 0 Å². The van der Waals surface area contributed by atoms with Crippen LogP contribution in [0.5, 0.6) is 0 Å². The summed E-state index contributed by atoms with van der Waals surface area (Å²) in [6.07, 6.45) is 1.08. The lowest BCUT2D eigenvalue weighted by Gasteiger charge is -2.03. The summed E-state index contributed by atoms with van der Waals surface area (Å²) in [6, 6.07) is 0. The highest BCUT2D eigenvalue weighted by Gasteiger charge is 2.00. The molecule has 0 aliphatic carbocycles. The molecule has 0 spiro atoms. The Morgan fingerprint density at radius 3 is 2.46 bits per heavy atom. The first-order valence-electron chi connectivity index (χ1n) is 3.68. The Bertz CT molecular complexity index is 249. The molecule has 0 heterocycles. The molecule has 0 bridgehead atoms. The molecule has 78 valence electrons. The maximum atomic E-state index is 10.6. The van der Waals surface area contributed by atoms with E-state index in [1.54, 1.807) is 0 Å². The van der Waals surface area contributed by atoms with Crippen LogP contribution >= 0.6 is 0 Å². The predicted octanol–water partition coefficient (Wildman–Crippen LogP) is -1.70. The summed E-state index contributed by atoms with van der Waals surface area (Å²) in [5, 5.41) is 2.71. The van der Waals surface area contributed by atoms with Gasteiger partial charge in [-0.15, -0.1) is 0 Å². The molecule has 0 unspecified atom stereocenters. The number of esters is 1. The van der Waals surface area contributed by atoms with Gasteiger partial charge < -0.3 is 10.1 Å². The lowest BCUT2D eigenvalue weighted by molar-refractivity contribution is -0.139. The third-order valence-corrected chi connectivity index (χ3v) is 1.89. The number of ether oxygens (including phenoxy) is 1. The summed E-state index contributed by atoms with van der Waals surface area (Å²) in [5.41, 5.74) is 0. The van der Waals surface area contributed by atoms with Crippen molar-refractivity contribution in [2.75, 3.05) is 33.0 Å². The molecule has 0 fully saturated rings. The van der Waals surface area contributed by atoms with Crippen molar-refractivity contribution in [2.24, 2.45) is 0 Å². The Balaban J connectivity index is 3.33. The zero-order chi connectivity index (χ0) is 10.3. The Hall–Kier alpha value is -0.660. The van der Waals surface area contributed by atoms with Crippen LogP contribution in [0.25, 0.3) is 0 Å². The van der Waals surface area contributed by atoms with Gasteiger partial charge >= 0.3 is 5.97 Å². The zero-order valence-electron chi connectivity index (χ0n) is 7.66. The topological polar surface area (TPSA) is 84.5 Å². The van der Waals surface area contributed by atoms with Crippen LogP contribution in [-0.2, 0) is 19.6 Å². The Morgan fingerprint density at radius 1 is 1.38 bits per heavy atom. The summed E-state index contributed by atoms with van der Waals surface area (Å²) >= 11 is 0. The van der Waals surface area contributed by atoms with Crippen LogP contribution in [0.1, 0.15) is 0 Å². The van der Waals surface area contributed by atoms with Gasteiger partial charge in [-0.2, -0.15) is 0 Å². The van der Waals surface area contributed by atoms with E-state index in [0.717, 1.165) is 6.26 Å². The third-order valence-electron chi connectivity index (χ3n) is 1.16. The largest absolute Gasteiger partial charge is 0.468 e. The predicted molar refractivity (Wildman–Crippen MR) is 47.7 cm³/mol. The summed E-state index contributed by atoms with van der Waals surface area (Å²) in [4.78, 5) is 10.5. The van der Waals surface area contributed by atoms with Gasteiger partial charge in [-0.05, 0) is 0 Å². The highest BCUT2D eigenvalue weighted by atomic mass is 32.2. The van der Waals surface area contributed by atoms with Crippen molar-refractivity contribution in [2.45, 2.75) is 0 Å². The van der Waals surface area contributed by atoms with Crippen molar-refractivity contribution in [1.82, 2.24) is 10.0 Å². The molecule has 0 rings (SSSR count). The van der Waals surface area contributed by atoms with E-state index in [-0.39, 0.29) is 19.1 Å². The van der Waals surface area contributed by atoms with E-state index in [9.17, 15) is 13.2 Å². The Labute approximate surface area is 77.7 Å². The quantitative estimate of drug-likeness (QED) is 0.403. The van der Waals surface area contributed by atoms with Gasteiger partial charge in [0.25, 0.3) is 0 Å². The maximum Gasteiger partial charge on any atom is 0.319 e. The number of hydrogen-bond donors (Lipinski definition) is 2. The highest BCUT2D eigenvalue weighted by Crippen LogP contribution is 1.72. The molecule has 0 radical (unpaired) electrons. The SMILES string of the molecule is COC(=O)CNCCNS(C)(=O)=O. The third kappa shape index (κ3) is 9.25. The number of sulfonamides is 1. The van der Waals surface area contributed by atoms with Gasteiger partial charge in [0.05, 0.1) is 19.9 Å². The average Bonchev–Trinajstić information content (AvgIpc) is 2.01. The van der Waals surface area contributed by atoms with Crippen molar-refractivity contribution in [3.63, 3.8) is 0 Å². The molecule has 2 N–H and O–H groups in total. The molecule has 0 aromatic heterocycles. The number of rotatable bonds is 6. The molecule has 0 aliphatic heterocycles. The fourth-order valence-electron chi connectivity index (χ4n) is 0.587. The van der Waals surface area contributed by atoms with E-state index >= 15 is 0 Å². The number of methoxy groups -OCH3 is 1. The fraction of sp³-hybridized carbons (Fsp3) is 0.833. The van der Waals surface area contributed by atoms with Crippen LogP contribution in [0, 0.1) is 0 Å². The minimum atomic E-state index is -3.14. The molecule has 0 saturated heterocycles. The second kappa shape index (κ2) is 5.90. The van der Waals surface area contributed by atoms with Crippen molar-refractivity contribution < 1.29 is 17.9 Å². The maximum absolute atomic E-state index is 10.6. The van der Waals surface area contributed by atoms with Crippen molar-refractivity contribution in [3.8, 4) is 0 Å². The molecule has 0 amide bonds. The first kappa shape index (κ1) is 12.3. The number of nitrogens with one attached hydrogen (secondary N) is 2. The van der Waals surface area contributed by atoms with Gasteiger partial charge in [0, 0.05) is 13.1 Å². The standard InChI is InChI=1S/C6H14N2O4S/c1-12-6(9)5-7-3-4-8-13(2,10)11/h7-8H,3-5H2,1-2H3. The van der Waals surface area contributed by atoms with Gasteiger partial charge in [0.2, 0.25) is 10.0 Å². The summed E-state index contributed by atoms with van der Waals surface area (Å²) in [5.74, 6) is -0.376. The minimum absolute atomic E-state index is 0.0853.